The van der Waals surface area contributed by atoms with Crippen LogP contribution in [0.3, 0.4) is 0 Å². The molecule has 3 aliphatic rings. The van der Waals surface area contributed by atoms with Crippen LogP contribution in [-0.2, 0) is 6.18 Å². The molecule has 3 fully saturated rings. The third-order valence-electron chi connectivity index (χ3n) is 7.93. The molecule has 0 saturated heterocycles. The van der Waals surface area contributed by atoms with E-state index in [-0.39, 0.29) is 0 Å². The van der Waals surface area contributed by atoms with Crippen molar-refractivity contribution in [2.24, 2.45) is 29.6 Å². The Morgan fingerprint density at radius 3 is 2.14 bits per heavy atom. The van der Waals surface area contributed by atoms with E-state index in [0.717, 1.165) is 48.0 Å². The summed E-state index contributed by atoms with van der Waals surface area (Å²) in [6, 6.07) is 5.99. The molecule has 6 atom stereocenters. The molecular formula is C25H33F3. The van der Waals surface area contributed by atoms with Crippen molar-refractivity contribution in [1.29, 1.82) is 0 Å². The quantitative estimate of drug-likeness (QED) is 0.459. The molecule has 6 unspecified atom stereocenters. The van der Waals surface area contributed by atoms with Crippen molar-refractivity contribution < 1.29 is 13.2 Å². The van der Waals surface area contributed by atoms with Crippen LogP contribution >= 0.6 is 0 Å². The summed E-state index contributed by atoms with van der Waals surface area (Å²) in [5, 5.41) is 0. The molecule has 3 aliphatic carbocycles. The lowest BCUT2D eigenvalue weighted by Crippen LogP contribution is -2.41. The van der Waals surface area contributed by atoms with Gasteiger partial charge in [-0.15, -0.1) is 0 Å². The zero-order valence-electron chi connectivity index (χ0n) is 16.9. The van der Waals surface area contributed by atoms with Crippen LogP contribution in [0.4, 0.5) is 13.2 Å². The first-order valence-electron chi connectivity index (χ1n) is 11.3. The molecule has 0 nitrogen and oxygen atoms in total. The molecule has 3 heteroatoms. The third-order valence-corrected chi connectivity index (χ3v) is 7.93. The lowest BCUT2D eigenvalue weighted by atomic mass is 9.55. The summed E-state index contributed by atoms with van der Waals surface area (Å²) < 4.78 is 38.5. The number of rotatable bonds is 3. The van der Waals surface area contributed by atoms with Crippen molar-refractivity contribution in [3.63, 3.8) is 0 Å². The minimum atomic E-state index is -4.24. The van der Waals surface area contributed by atoms with Gasteiger partial charge in [0.25, 0.3) is 0 Å². The van der Waals surface area contributed by atoms with Gasteiger partial charge in [0.05, 0.1) is 5.56 Å². The lowest BCUT2D eigenvalue weighted by Gasteiger charge is -2.50. The number of benzene rings is 1. The Morgan fingerprint density at radius 2 is 1.50 bits per heavy atom. The summed E-state index contributed by atoms with van der Waals surface area (Å²) in [5.74, 6) is 4.69. The standard InChI is InChI=1S/C25H33F3/c1-2-3-4-17-5-13-23-20(15-17)6-7-21-16-19(10-14-24(21)23)18-8-11-22(12-9-18)25(26,27)28/h3-4,8-9,11-12,17,19-21,23-24H,2,5-7,10,13-16H2,1H3. The highest BCUT2D eigenvalue weighted by Gasteiger charge is 2.44. The summed E-state index contributed by atoms with van der Waals surface area (Å²) in [6.45, 7) is 2.21. The van der Waals surface area contributed by atoms with Crippen LogP contribution in [-0.4, -0.2) is 0 Å². The first-order chi connectivity index (χ1) is 13.5. The summed E-state index contributed by atoms with van der Waals surface area (Å²) in [7, 11) is 0. The normalized spacial score (nSPS) is 36.1. The van der Waals surface area contributed by atoms with Crippen LogP contribution in [0.15, 0.2) is 36.4 Å². The SMILES string of the molecule is CCC=CC1CCC2C(CCC3CC(c4ccc(C(F)(F)F)cc4)CCC32)C1. The van der Waals surface area contributed by atoms with Gasteiger partial charge < -0.3 is 0 Å². The summed E-state index contributed by atoms with van der Waals surface area (Å²) in [4.78, 5) is 0. The Hall–Kier alpha value is -1.25. The molecule has 1 aromatic rings. The van der Waals surface area contributed by atoms with Gasteiger partial charge in [-0.3, -0.25) is 0 Å². The number of alkyl halides is 3. The molecule has 0 spiro atoms. The van der Waals surface area contributed by atoms with Gasteiger partial charge in [-0.2, -0.15) is 13.2 Å². The first kappa shape index (κ1) is 20.0. The monoisotopic (exact) mass is 390 g/mol. The molecule has 0 heterocycles. The fraction of sp³-hybridized carbons (Fsp3) is 0.680. The molecule has 0 aliphatic heterocycles. The Morgan fingerprint density at radius 1 is 0.857 bits per heavy atom. The smallest absolute Gasteiger partial charge is 0.166 e. The highest BCUT2D eigenvalue weighted by Crippen LogP contribution is 2.54. The van der Waals surface area contributed by atoms with Gasteiger partial charge in [-0.25, -0.2) is 0 Å². The third kappa shape index (κ3) is 4.19. The molecular weight excluding hydrogens is 357 g/mol. The largest absolute Gasteiger partial charge is 0.416 e. The number of hydrogen-bond donors (Lipinski definition) is 0. The zero-order valence-corrected chi connectivity index (χ0v) is 16.9. The number of fused-ring (bicyclic) bond motifs is 3. The van der Waals surface area contributed by atoms with Crippen molar-refractivity contribution in [2.75, 3.05) is 0 Å². The van der Waals surface area contributed by atoms with Gasteiger partial charge in [-0.05, 0) is 111 Å². The molecule has 4 rings (SSSR count). The minimum Gasteiger partial charge on any atom is -0.166 e. The van der Waals surface area contributed by atoms with Gasteiger partial charge in [0.2, 0.25) is 0 Å². The summed E-state index contributed by atoms with van der Waals surface area (Å²) >= 11 is 0. The van der Waals surface area contributed by atoms with Gasteiger partial charge in [0.1, 0.15) is 0 Å². The predicted molar refractivity (Wildman–Crippen MR) is 108 cm³/mol. The average molecular weight is 391 g/mol. The lowest BCUT2D eigenvalue weighted by molar-refractivity contribution is -0.137. The fourth-order valence-electron chi connectivity index (χ4n) is 6.58. The number of allylic oxidation sites excluding steroid dienone is 2. The van der Waals surface area contributed by atoms with Crippen LogP contribution < -0.4 is 0 Å². The molecule has 0 bridgehead atoms. The Balaban J connectivity index is 1.38. The maximum Gasteiger partial charge on any atom is 0.416 e. The molecule has 0 N–H and O–H groups in total. The summed E-state index contributed by atoms with van der Waals surface area (Å²) in [6.07, 6.45) is 12.1. The van der Waals surface area contributed by atoms with E-state index in [2.05, 4.69) is 19.1 Å². The molecule has 0 amide bonds. The molecule has 28 heavy (non-hydrogen) atoms. The van der Waals surface area contributed by atoms with Gasteiger partial charge in [-0.1, -0.05) is 31.2 Å². The number of halogens is 3. The second kappa shape index (κ2) is 8.24. The first-order valence-corrected chi connectivity index (χ1v) is 11.3. The van der Waals surface area contributed by atoms with Crippen molar-refractivity contribution in [1.82, 2.24) is 0 Å². The van der Waals surface area contributed by atoms with E-state index >= 15 is 0 Å². The van der Waals surface area contributed by atoms with Crippen molar-refractivity contribution in [2.45, 2.75) is 76.8 Å². The molecule has 1 aromatic carbocycles. The minimum absolute atomic E-state index is 0.448. The van der Waals surface area contributed by atoms with E-state index in [1.807, 2.05) is 0 Å². The van der Waals surface area contributed by atoms with Crippen molar-refractivity contribution >= 4 is 0 Å². The van der Waals surface area contributed by atoms with Crippen LogP contribution in [0.1, 0.15) is 81.8 Å². The van der Waals surface area contributed by atoms with Crippen LogP contribution in [0.2, 0.25) is 0 Å². The van der Waals surface area contributed by atoms with Gasteiger partial charge in [0, 0.05) is 0 Å². The van der Waals surface area contributed by atoms with Crippen LogP contribution in [0, 0.1) is 29.6 Å². The van der Waals surface area contributed by atoms with Crippen LogP contribution in [0.5, 0.6) is 0 Å². The van der Waals surface area contributed by atoms with Gasteiger partial charge in [0.15, 0.2) is 0 Å². The van der Waals surface area contributed by atoms with Crippen molar-refractivity contribution in [3.05, 3.63) is 47.5 Å². The predicted octanol–water partition coefficient (Wildman–Crippen LogP) is 8.00. The van der Waals surface area contributed by atoms with E-state index in [4.69, 9.17) is 0 Å². The van der Waals surface area contributed by atoms with E-state index in [0.29, 0.717) is 5.92 Å². The zero-order chi connectivity index (χ0) is 19.7. The molecule has 154 valence electrons. The van der Waals surface area contributed by atoms with Gasteiger partial charge >= 0.3 is 6.18 Å². The maximum atomic E-state index is 12.8. The molecule has 3 saturated carbocycles. The topological polar surface area (TPSA) is 0 Å². The van der Waals surface area contributed by atoms with Crippen LogP contribution in [0.25, 0.3) is 0 Å². The molecule has 0 aromatic heterocycles. The Labute approximate surface area is 167 Å². The van der Waals surface area contributed by atoms with E-state index in [9.17, 15) is 13.2 Å². The molecule has 0 radical (unpaired) electrons. The highest BCUT2D eigenvalue weighted by molar-refractivity contribution is 5.27. The maximum absolute atomic E-state index is 12.8. The van der Waals surface area contributed by atoms with Crippen molar-refractivity contribution in [3.8, 4) is 0 Å². The Kier molecular flexibility index (Phi) is 5.90. The average Bonchev–Trinajstić information content (AvgIpc) is 2.71. The van der Waals surface area contributed by atoms with E-state index in [1.54, 1.807) is 12.1 Å². The second-order valence-corrected chi connectivity index (χ2v) is 9.46. The van der Waals surface area contributed by atoms with E-state index in [1.165, 1.54) is 57.1 Å². The number of hydrogen-bond acceptors (Lipinski definition) is 0. The fourth-order valence-corrected chi connectivity index (χ4v) is 6.58. The second-order valence-electron chi connectivity index (χ2n) is 9.46. The highest BCUT2D eigenvalue weighted by atomic mass is 19.4. The summed E-state index contributed by atoms with van der Waals surface area (Å²) in [5.41, 5.74) is 0.585. The van der Waals surface area contributed by atoms with E-state index < -0.39 is 11.7 Å². The Bertz CT molecular complexity index is 672.